The highest BCUT2D eigenvalue weighted by Gasteiger charge is 2.09. The lowest BCUT2D eigenvalue weighted by Crippen LogP contribution is -2.08. The number of ether oxygens (including phenoxy) is 2. The summed E-state index contributed by atoms with van der Waals surface area (Å²) >= 11 is 0. The van der Waals surface area contributed by atoms with Gasteiger partial charge in [0.1, 0.15) is 12.0 Å². The number of fused-ring (bicyclic) bond motifs is 1. The van der Waals surface area contributed by atoms with Crippen LogP contribution in [0.4, 0.5) is 0 Å². The van der Waals surface area contributed by atoms with E-state index in [0.717, 1.165) is 11.0 Å². The van der Waals surface area contributed by atoms with Gasteiger partial charge in [-0.3, -0.25) is 4.79 Å². The quantitative estimate of drug-likeness (QED) is 0.749. The molecule has 0 fully saturated rings. The predicted molar refractivity (Wildman–Crippen MR) is 65.3 cm³/mol. The number of esters is 1. The molecule has 2 aromatic rings. The number of aromatic nitrogens is 3. The van der Waals surface area contributed by atoms with E-state index in [1.165, 1.54) is 6.33 Å². The van der Waals surface area contributed by atoms with Crippen molar-refractivity contribution in [3.63, 3.8) is 0 Å². The molecule has 0 spiro atoms. The first kappa shape index (κ1) is 12.3. The third-order valence-corrected chi connectivity index (χ3v) is 2.58. The number of methoxy groups -OCH3 is 1. The Bertz CT molecular complexity index is 550. The summed E-state index contributed by atoms with van der Waals surface area (Å²) in [5.74, 6) is 0.329. The lowest BCUT2D eigenvalue weighted by atomic mass is 10.4. The number of hydrogen-bond donors (Lipinski definition) is 0. The summed E-state index contributed by atoms with van der Waals surface area (Å²) in [6.07, 6.45) is 3.63. The first-order valence-corrected chi connectivity index (χ1v) is 5.75. The molecule has 0 bridgehead atoms. The summed E-state index contributed by atoms with van der Waals surface area (Å²) in [7, 11) is 1.57. The molecule has 0 amide bonds. The fourth-order valence-electron chi connectivity index (χ4n) is 1.77. The van der Waals surface area contributed by atoms with Crippen LogP contribution in [0.25, 0.3) is 11.0 Å². The molecule has 0 N–H and O–H groups in total. The van der Waals surface area contributed by atoms with Crippen LogP contribution in [-0.2, 0) is 16.1 Å². The lowest BCUT2D eigenvalue weighted by molar-refractivity contribution is -0.143. The third kappa shape index (κ3) is 2.42. The number of hydrogen-bond acceptors (Lipinski definition) is 5. The van der Waals surface area contributed by atoms with Crippen LogP contribution in [0.15, 0.2) is 18.6 Å². The second-order valence-electron chi connectivity index (χ2n) is 3.68. The minimum Gasteiger partial charge on any atom is -0.480 e. The summed E-state index contributed by atoms with van der Waals surface area (Å²) < 4.78 is 11.9. The van der Waals surface area contributed by atoms with E-state index in [4.69, 9.17) is 9.47 Å². The molecule has 2 aromatic heterocycles. The second-order valence-corrected chi connectivity index (χ2v) is 3.68. The highest BCUT2D eigenvalue weighted by atomic mass is 16.5. The van der Waals surface area contributed by atoms with Crippen LogP contribution in [0.2, 0.25) is 0 Å². The van der Waals surface area contributed by atoms with Gasteiger partial charge in [-0.05, 0) is 13.0 Å². The van der Waals surface area contributed by atoms with Crippen LogP contribution in [-0.4, -0.2) is 34.2 Å². The summed E-state index contributed by atoms with van der Waals surface area (Å²) in [5.41, 5.74) is 0.756. The normalized spacial score (nSPS) is 10.6. The highest BCUT2D eigenvalue weighted by molar-refractivity contribution is 5.81. The van der Waals surface area contributed by atoms with Gasteiger partial charge >= 0.3 is 5.97 Å². The molecule has 0 aliphatic rings. The van der Waals surface area contributed by atoms with E-state index < -0.39 is 0 Å². The molecule has 0 aliphatic heterocycles. The van der Waals surface area contributed by atoms with Crippen LogP contribution in [0, 0.1) is 0 Å². The Morgan fingerprint density at radius 3 is 3.00 bits per heavy atom. The molecular weight excluding hydrogens is 234 g/mol. The van der Waals surface area contributed by atoms with E-state index in [1.54, 1.807) is 14.0 Å². The molecule has 6 nitrogen and oxygen atoms in total. The molecule has 2 rings (SSSR count). The number of aryl methyl sites for hydroxylation is 1. The van der Waals surface area contributed by atoms with E-state index in [1.807, 2.05) is 16.8 Å². The van der Waals surface area contributed by atoms with Gasteiger partial charge in [-0.15, -0.1) is 0 Å². The molecule has 0 unspecified atom stereocenters. The fourth-order valence-corrected chi connectivity index (χ4v) is 1.77. The Hall–Kier alpha value is -2.11. The maximum absolute atomic E-state index is 11.3. The van der Waals surface area contributed by atoms with Crippen LogP contribution < -0.4 is 4.74 Å². The van der Waals surface area contributed by atoms with Crippen LogP contribution in [0.5, 0.6) is 5.88 Å². The summed E-state index contributed by atoms with van der Waals surface area (Å²) in [5, 5.41) is 0.837. The largest absolute Gasteiger partial charge is 0.480 e. The van der Waals surface area contributed by atoms with E-state index in [-0.39, 0.29) is 5.97 Å². The molecule has 2 heterocycles. The Morgan fingerprint density at radius 2 is 2.28 bits per heavy atom. The fraction of sp³-hybridized carbons (Fsp3) is 0.417. The van der Waals surface area contributed by atoms with Gasteiger partial charge < -0.3 is 14.0 Å². The molecule has 0 radical (unpaired) electrons. The van der Waals surface area contributed by atoms with Gasteiger partial charge in [0.05, 0.1) is 25.5 Å². The number of carbonyl (C=O) groups is 1. The molecule has 6 heteroatoms. The van der Waals surface area contributed by atoms with Gasteiger partial charge in [-0.2, -0.15) is 0 Å². The maximum atomic E-state index is 11.3. The van der Waals surface area contributed by atoms with E-state index in [2.05, 4.69) is 9.97 Å². The highest BCUT2D eigenvalue weighted by Crippen LogP contribution is 2.21. The van der Waals surface area contributed by atoms with Crippen LogP contribution >= 0.6 is 0 Å². The van der Waals surface area contributed by atoms with Crippen molar-refractivity contribution in [3.05, 3.63) is 18.6 Å². The number of nitrogens with zero attached hydrogens (tertiary/aromatic N) is 3. The third-order valence-electron chi connectivity index (χ3n) is 2.58. The van der Waals surface area contributed by atoms with Crippen molar-refractivity contribution >= 4 is 17.0 Å². The summed E-state index contributed by atoms with van der Waals surface area (Å²) in [6.45, 7) is 2.73. The van der Waals surface area contributed by atoms with Gasteiger partial charge in [-0.25, -0.2) is 9.97 Å². The predicted octanol–water partition coefficient (Wildman–Crippen LogP) is 1.39. The number of carbonyl (C=O) groups excluding carboxylic acids is 1. The Morgan fingerprint density at radius 1 is 1.44 bits per heavy atom. The minimum atomic E-state index is -0.208. The smallest absolute Gasteiger partial charge is 0.307 e. The monoisotopic (exact) mass is 249 g/mol. The van der Waals surface area contributed by atoms with E-state index >= 15 is 0 Å². The van der Waals surface area contributed by atoms with Gasteiger partial charge in [0, 0.05) is 12.7 Å². The molecule has 0 aromatic carbocycles. The molecule has 0 aliphatic carbocycles. The first-order chi connectivity index (χ1) is 8.76. The average molecular weight is 249 g/mol. The molecule has 0 saturated carbocycles. The zero-order valence-electron chi connectivity index (χ0n) is 10.4. The van der Waals surface area contributed by atoms with Crippen molar-refractivity contribution in [2.24, 2.45) is 0 Å². The zero-order valence-corrected chi connectivity index (χ0v) is 10.4. The Labute approximate surface area is 105 Å². The van der Waals surface area contributed by atoms with E-state index in [9.17, 15) is 4.79 Å². The van der Waals surface area contributed by atoms with Crippen molar-refractivity contribution in [2.45, 2.75) is 19.9 Å². The van der Waals surface area contributed by atoms with Crippen molar-refractivity contribution in [1.29, 1.82) is 0 Å². The van der Waals surface area contributed by atoms with Gasteiger partial charge in [-0.1, -0.05) is 0 Å². The average Bonchev–Trinajstić information content (AvgIpc) is 2.79. The molecule has 96 valence electrons. The van der Waals surface area contributed by atoms with Crippen molar-refractivity contribution in [1.82, 2.24) is 14.5 Å². The lowest BCUT2D eigenvalue weighted by Gasteiger charge is -2.05. The topological polar surface area (TPSA) is 66.2 Å². The summed E-state index contributed by atoms with van der Waals surface area (Å²) in [4.78, 5) is 19.5. The zero-order chi connectivity index (χ0) is 13.0. The first-order valence-electron chi connectivity index (χ1n) is 5.75. The van der Waals surface area contributed by atoms with Crippen molar-refractivity contribution in [2.75, 3.05) is 13.7 Å². The summed E-state index contributed by atoms with van der Waals surface area (Å²) in [6, 6.07) is 1.87. The second kappa shape index (κ2) is 5.48. The standard InChI is InChI=1S/C12H15N3O3/c1-3-18-10(16)5-7-15-6-4-9-11(15)13-8-14-12(9)17-2/h4,6,8H,3,5,7H2,1-2H3. The van der Waals surface area contributed by atoms with Crippen molar-refractivity contribution < 1.29 is 14.3 Å². The molecule has 18 heavy (non-hydrogen) atoms. The molecule has 0 saturated heterocycles. The Kier molecular flexibility index (Phi) is 3.76. The molecule has 0 atom stereocenters. The van der Waals surface area contributed by atoms with Crippen LogP contribution in [0.1, 0.15) is 13.3 Å². The SMILES string of the molecule is CCOC(=O)CCn1ccc2c(OC)ncnc21. The van der Waals surface area contributed by atoms with Crippen molar-refractivity contribution in [3.8, 4) is 5.88 Å². The Balaban J connectivity index is 2.17. The van der Waals surface area contributed by atoms with Gasteiger partial charge in [0.2, 0.25) is 5.88 Å². The van der Waals surface area contributed by atoms with E-state index in [0.29, 0.717) is 25.5 Å². The minimum absolute atomic E-state index is 0.208. The van der Waals surface area contributed by atoms with Gasteiger partial charge in [0.15, 0.2) is 0 Å². The maximum Gasteiger partial charge on any atom is 0.307 e. The van der Waals surface area contributed by atoms with Crippen LogP contribution in [0.3, 0.4) is 0 Å². The number of rotatable bonds is 5. The molecular formula is C12H15N3O3. The van der Waals surface area contributed by atoms with Gasteiger partial charge in [0.25, 0.3) is 0 Å².